The molecule has 23 heavy (non-hydrogen) atoms. The number of fused-ring (bicyclic) bond motifs is 3. The third kappa shape index (κ3) is 2.35. The molecule has 0 spiro atoms. The third-order valence-electron chi connectivity index (χ3n) is 3.96. The molecule has 1 aromatic heterocycles. The monoisotopic (exact) mass is 303 g/mol. The van der Waals surface area contributed by atoms with Crippen LogP contribution in [-0.4, -0.2) is 27.5 Å². The van der Waals surface area contributed by atoms with E-state index >= 15 is 0 Å². The first-order valence-corrected chi connectivity index (χ1v) is 7.66. The molecule has 0 saturated carbocycles. The molecule has 0 atom stereocenters. The van der Waals surface area contributed by atoms with Gasteiger partial charge in [-0.1, -0.05) is 48.5 Å². The summed E-state index contributed by atoms with van der Waals surface area (Å²) >= 11 is 0. The highest BCUT2D eigenvalue weighted by atomic mass is 15.3. The SMILES string of the molecule is CNCc1nnc2n1-c1ccccc1C(c1ccccc1)=NC2. The fourth-order valence-corrected chi connectivity index (χ4v) is 2.95. The van der Waals surface area contributed by atoms with Gasteiger partial charge in [-0.15, -0.1) is 10.2 Å². The average molecular weight is 303 g/mol. The zero-order chi connectivity index (χ0) is 15.6. The van der Waals surface area contributed by atoms with Gasteiger partial charge in [-0.25, -0.2) is 0 Å². The van der Waals surface area contributed by atoms with Crippen LogP contribution in [0, 0.1) is 0 Å². The Morgan fingerprint density at radius 1 is 1.00 bits per heavy atom. The molecule has 1 aliphatic heterocycles. The molecule has 0 radical (unpaired) electrons. The molecule has 5 nitrogen and oxygen atoms in total. The van der Waals surface area contributed by atoms with Crippen LogP contribution in [0.4, 0.5) is 0 Å². The highest BCUT2D eigenvalue weighted by Gasteiger charge is 2.21. The predicted octanol–water partition coefficient (Wildman–Crippen LogP) is 2.34. The van der Waals surface area contributed by atoms with Crippen LogP contribution in [0.25, 0.3) is 5.69 Å². The van der Waals surface area contributed by atoms with Crippen LogP contribution >= 0.6 is 0 Å². The number of rotatable bonds is 3. The van der Waals surface area contributed by atoms with Crippen LogP contribution in [0.15, 0.2) is 59.6 Å². The van der Waals surface area contributed by atoms with Crippen LogP contribution in [-0.2, 0) is 13.1 Å². The Balaban J connectivity index is 1.93. The second-order valence-electron chi connectivity index (χ2n) is 5.45. The Morgan fingerprint density at radius 2 is 1.78 bits per heavy atom. The van der Waals surface area contributed by atoms with Crippen molar-refractivity contribution in [3.05, 3.63) is 77.4 Å². The fourth-order valence-electron chi connectivity index (χ4n) is 2.95. The van der Waals surface area contributed by atoms with E-state index in [1.807, 2.05) is 37.4 Å². The van der Waals surface area contributed by atoms with Crippen LogP contribution in [0.5, 0.6) is 0 Å². The van der Waals surface area contributed by atoms with E-state index in [1.54, 1.807) is 0 Å². The van der Waals surface area contributed by atoms with E-state index in [-0.39, 0.29) is 0 Å². The maximum Gasteiger partial charge on any atom is 0.159 e. The Hall–Kier alpha value is -2.79. The lowest BCUT2D eigenvalue weighted by Crippen LogP contribution is -2.14. The van der Waals surface area contributed by atoms with Crippen molar-refractivity contribution < 1.29 is 0 Å². The molecule has 1 N–H and O–H groups in total. The molecule has 5 heteroatoms. The number of nitrogens with one attached hydrogen (secondary N) is 1. The van der Waals surface area contributed by atoms with Gasteiger partial charge in [0.05, 0.1) is 17.9 Å². The van der Waals surface area contributed by atoms with Gasteiger partial charge < -0.3 is 5.32 Å². The van der Waals surface area contributed by atoms with Gasteiger partial charge in [0.15, 0.2) is 11.6 Å². The van der Waals surface area contributed by atoms with Crippen molar-refractivity contribution in [2.75, 3.05) is 7.05 Å². The molecule has 0 unspecified atom stereocenters. The topological polar surface area (TPSA) is 55.1 Å². The molecule has 2 heterocycles. The molecule has 0 saturated heterocycles. The summed E-state index contributed by atoms with van der Waals surface area (Å²) in [6.07, 6.45) is 0. The smallest absolute Gasteiger partial charge is 0.159 e. The number of hydrogen-bond donors (Lipinski definition) is 1. The highest BCUT2D eigenvalue weighted by Crippen LogP contribution is 2.25. The van der Waals surface area contributed by atoms with E-state index < -0.39 is 0 Å². The number of aliphatic imine (C=N–C) groups is 1. The van der Waals surface area contributed by atoms with Gasteiger partial charge in [0, 0.05) is 11.1 Å². The first kappa shape index (κ1) is 13.8. The largest absolute Gasteiger partial charge is 0.313 e. The minimum atomic E-state index is 0.523. The van der Waals surface area contributed by atoms with Gasteiger partial charge in [0.1, 0.15) is 6.54 Å². The van der Waals surface area contributed by atoms with Gasteiger partial charge in [-0.05, 0) is 13.1 Å². The van der Waals surface area contributed by atoms with Gasteiger partial charge in [-0.2, -0.15) is 0 Å². The molecule has 4 rings (SSSR count). The summed E-state index contributed by atoms with van der Waals surface area (Å²) < 4.78 is 2.12. The Kier molecular flexibility index (Phi) is 3.48. The zero-order valence-electron chi connectivity index (χ0n) is 12.9. The van der Waals surface area contributed by atoms with Gasteiger partial charge in [-0.3, -0.25) is 9.56 Å². The lowest BCUT2D eigenvalue weighted by Gasteiger charge is -2.13. The first-order valence-electron chi connectivity index (χ1n) is 7.66. The molecule has 0 amide bonds. The second kappa shape index (κ2) is 5.78. The van der Waals surface area contributed by atoms with E-state index in [1.165, 1.54) is 0 Å². The molecule has 1 aliphatic rings. The molecule has 0 fully saturated rings. The first-order chi connectivity index (χ1) is 11.4. The van der Waals surface area contributed by atoms with Crippen molar-refractivity contribution >= 4 is 5.71 Å². The Bertz CT molecular complexity index is 864. The summed E-state index contributed by atoms with van der Waals surface area (Å²) in [5.74, 6) is 1.77. The molecule has 114 valence electrons. The average Bonchev–Trinajstić information content (AvgIpc) is 2.91. The summed E-state index contributed by atoms with van der Waals surface area (Å²) in [7, 11) is 1.91. The third-order valence-corrected chi connectivity index (χ3v) is 3.96. The number of nitrogens with zero attached hydrogens (tertiary/aromatic N) is 4. The molecule has 0 bridgehead atoms. The summed E-state index contributed by atoms with van der Waals surface area (Å²) in [5.41, 5.74) is 4.31. The maximum absolute atomic E-state index is 4.82. The van der Waals surface area contributed by atoms with Crippen molar-refractivity contribution in [1.82, 2.24) is 20.1 Å². The summed E-state index contributed by atoms with van der Waals surface area (Å²) in [6.45, 7) is 1.19. The quantitative estimate of drug-likeness (QED) is 0.808. The van der Waals surface area contributed by atoms with E-state index in [0.29, 0.717) is 13.1 Å². The number of para-hydroxylation sites is 1. The molecule has 3 aromatic rings. The van der Waals surface area contributed by atoms with Crippen molar-refractivity contribution in [3.63, 3.8) is 0 Å². The predicted molar refractivity (Wildman–Crippen MR) is 89.9 cm³/mol. The van der Waals surface area contributed by atoms with Gasteiger partial charge in [0.2, 0.25) is 0 Å². The van der Waals surface area contributed by atoms with Gasteiger partial charge >= 0.3 is 0 Å². The van der Waals surface area contributed by atoms with Crippen molar-refractivity contribution in [1.29, 1.82) is 0 Å². The Morgan fingerprint density at radius 3 is 2.61 bits per heavy atom. The van der Waals surface area contributed by atoms with E-state index in [0.717, 1.165) is 34.2 Å². The lowest BCUT2D eigenvalue weighted by atomic mass is 10.0. The van der Waals surface area contributed by atoms with Crippen LogP contribution < -0.4 is 5.32 Å². The lowest BCUT2D eigenvalue weighted by molar-refractivity contribution is 0.731. The molecular formula is C18H17N5. The number of benzene rings is 2. The molecular weight excluding hydrogens is 286 g/mol. The Labute approximate surface area is 134 Å². The minimum absolute atomic E-state index is 0.523. The van der Waals surface area contributed by atoms with E-state index in [4.69, 9.17) is 4.99 Å². The second-order valence-corrected chi connectivity index (χ2v) is 5.45. The maximum atomic E-state index is 4.82. The summed E-state index contributed by atoms with van der Waals surface area (Å²) in [4.78, 5) is 4.82. The van der Waals surface area contributed by atoms with Crippen molar-refractivity contribution in [2.24, 2.45) is 4.99 Å². The standard InChI is InChI=1S/C18H17N5/c1-19-11-16-21-22-17-12-20-18(13-7-3-2-4-8-13)14-9-5-6-10-15(14)23(16)17/h2-10,19H,11-12H2,1H3. The normalized spacial score (nSPS) is 13.0. The summed E-state index contributed by atoms with van der Waals surface area (Å²) in [5, 5.41) is 11.8. The highest BCUT2D eigenvalue weighted by molar-refractivity contribution is 6.15. The van der Waals surface area contributed by atoms with Crippen molar-refractivity contribution in [3.8, 4) is 5.69 Å². The van der Waals surface area contributed by atoms with E-state index in [2.05, 4.69) is 44.3 Å². The van der Waals surface area contributed by atoms with E-state index in [9.17, 15) is 0 Å². The molecule has 0 aliphatic carbocycles. The van der Waals surface area contributed by atoms with Crippen molar-refractivity contribution in [2.45, 2.75) is 13.1 Å². The number of hydrogen-bond acceptors (Lipinski definition) is 4. The molecule has 2 aromatic carbocycles. The van der Waals surface area contributed by atoms with Crippen LogP contribution in [0.1, 0.15) is 22.8 Å². The zero-order valence-corrected chi connectivity index (χ0v) is 12.9. The van der Waals surface area contributed by atoms with Gasteiger partial charge in [0.25, 0.3) is 0 Å². The minimum Gasteiger partial charge on any atom is -0.313 e. The number of aromatic nitrogens is 3. The van der Waals surface area contributed by atoms with Crippen LogP contribution in [0.2, 0.25) is 0 Å². The van der Waals surface area contributed by atoms with Crippen LogP contribution in [0.3, 0.4) is 0 Å². The summed E-state index contributed by atoms with van der Waals surface area (Å²) in [6, 6.07) is 18.6. The fraction of sp³-hybridized carbons (Fsp3) is 0.167.